The van der Waals surface area contributed by atoms with Crippen molar-refractivity contribution in [1.29, 1.82) is 0 Å². The van der Waals surface area contributed by atoms with Crippen LogP contribution in [0.3, 0.4) is 0 Å². The Bertz CT molecular complexity index is 865. The molecule has 24 heavy (non-hydrogen) atoms. The van der Waals surface area contributed by atoms with Crippen molar-refractivity contribution in [3.8, 4) is 0 Å². The smallest absolute Gasteiger partial charge is 0.278 e. The first kappa shape index (κ1) is 16.2. The number of carbonyl (C=O) groups excluding carboxylic acids is 1. The molecule has 0 saturated heterocycles. The highest BCUT2D eigenvalue weighted by Gasteiger charge is 2.16. The van der Waals surface area contributed by atoms with Gasteiger partial charge in [-0.05, 0) is 42.8 Å². The molecule has 3 rings (SSSR count). The minimum Gasteiger partial charge on any atom is -0.368 e. The first-order chi connectivity index (χ1) is 11.7. The van der Waals surface area contributed by atoms with Gasteiger partial charge < -0.3 is 10.6 Å². The molecule has 0 aliphatic rings. The second-order valence-electron chi connectivity index (χ2n) is 5.30. The summed E-state index contributed by atoms with van der Waals surface area (Å²) in [5, 5.41) is 6.62. The number of nitrogens with one attached hydrogen (secondary N) is 2. The molecule has 3 aromatic rings. The summed E-state index contributed by atoms with van der Waals surface area (Å²) in [6.45, 7) is 2.77. The molecule has 1 amide bonds. The lowest BCUT2D eigenvalue weighted by Gasteiger charge is -2.11. The zero-order chi connectivity index (χ0) is 16.9. The van der Waals surface area contributed by atoms with E-state index in [1.165, 1.54) is 0 Å². The van der Waals surface area contributed by atoms with Crippen molar-refractivity contribution in [2.75, 3.05) is 17.2 Å². The van der Waals surface area contributed by atoms with E-state index in [0.29, 0.717) is 28.6 Å². The Morgan fingerprint density at radius 1 is 1.04 bits per heavy atom. The highest BCUT2D eigenvalue weighted by molar-refractivity contribution is 6.30. The normalized spacial score (nSPS) is 10.6. The molecule has 1 aromatic heterocycles. The lowest BCUT2D eigenvalue weighted by molar-refractivity contribution is 0.102. The van der Waals surface area contributed by atoms with Crippen molar-refractivity contribution >= 4 is 40.0 Å². The number of amides is 1. The number of benzene rings is 2. The van der Waals surface area contributed by atoms with Crippen LogP contribution in [0.2, 0.25) is 5.02 Å². The number of hydrogen-bond acceptors (Lipinski definition) is 4. The maximum atomic E-state index is 12.6. The summed E-state index contributed by atoms with van der Waals surface area (Å²) >= 11 is 5.87. The molecule has 6 heteroatoms. The van der Waals surface area contributed by atoms with Gasteiger partial charge in [0, 0.05) is 17.3 Å². The standard InChI is InChI=1S/C18H17ClN4O/c1-2-11-20-17-16(22-14-5-3-4-6-15(14)23-17)18(24)21-13-9-7-12(19)8-10-13/h3-10H,2,11H2,1H3,(H,20,23)(H,21,24). The Balaban J connectivity index is 1.95. The monoisotopic (exact) mass is 340 g/mol. The molecule has 0 atom stereocenters. The summed E-state index contributed by atoms with van der Waals surface area (Å²) in [4.78, 5) is 21.7. The van der Waals surface area contributed by atoms with Crippen LogP contribution in [0.4, 0.5) is 11.5 Å². The zero-order valence-electron chi connectivity index (χ0n) is 13.2. The molecule has 0 bridgehead atoms. The minimum atomic E-state index is -0.311. The molecule has 0 radical (unpaired) electrons. The summed E-state index contributed by atoms with van der Waals surface area (Å²) in [5.41, 5.74) is 2.36. The molecule has 0 spiro atoms. The maximum Gasteiger partial charge on any atom is 0.278 e. The van der Waals surface area contributed by atoms with E-state index in [-0.39, 0.29) is 11.6 Å². The molecule has 5 nitrogen and oxygen atoms in total. The van der Waals surface area contributed by atoms with E-state index in [4.69, 9.17) is 11.6 Å². The number of carbonyl (C=O) groups is 1. The van der Waals surface area contributed by atoms with Gasteiger partial charge in [-0.25, -0.2) is 9.97 Å². The molecule has 0 saturated carbocycles. The van der Waals surface area contributed by atoms with Crippen molar-refractivity contribution < 1.29 is 4.79 Å². The van der Waals surface area contributed by atoms with Gasteiger partial charge in [0.25, 0.3) is 5.91 Å². The second-order valence-corrected chi connectivity index (χ2v) is 5.73. The number of rotatable bonds is 5. The fourth-order valence-electron chi connectivity index (χ4n) is 2.25. The van der Waals surface area contributed by atoms with E-state index >= 15 is 0 Å². The summed E-state index contributed by atoms with van der Waals surface area (Å²) in [5.74, 6) is 0.177. The summed E-state index contributed by atoms with van der Waals surface area (Å²) < 4.78 is 0. The third-order valence-electron chi connectivity index (χ3n) is 3.43. The van der Waals surface area contributed by atoms with Gasteiger partial charge >= 0.3 is 0 Å². The van der Waals surface area contributed by atoms with Crippen LogP contribution in [0.5, 0.6) is 0 Å². The number of anilines is 2. The Morgan fingerprint density at radius 3 is 2.38 bits per heavy atom. The lowest BCUT2D eigenvalue weighted by Crippen LogP contribution is -2.18. The van der Waals surface area contributed by atoms with Crippen molar-refractivity contribution in [3.63, 3.8) is 0 Å². The van der Waals surface area contributed by atoms with Gasteiger partial charge in [-0.2, -0.15) is 0 Å². The predicted molar refractivity (Wildman–Crippen MR) is 97.7 cm³/mol. The van der Waals surface area contributed by atoms with Crippen LogP contribution >= 0.6 is 11.6 Å². The molecule has 2 N–H and O–H groups in total. The third-order valence-corrected chi connectivity index (χ3v) is 3.68. The number of para-hydroxylation sites is 2. The van der Waals surface area contributed by atoms with E-state index in [9.17, 15) is 4.79 Å². The maximum absolute atomic E-state index is 12.6. The molecular weight excluding hydrogens is 324 g/mol. The Hall–Kier alpha value is -2.66. The first-order valence-electron chi connectivity index (χ1n) is 7.75. The Labute approximate surface area is 145 Å². The molecule has 0 fully saturated rings. The minimum absolute atomic E-state index is 0.275. The summed E-state index contributed by atoms with van der Waals surface area (Å²) in [6.07, 6.45) is 0.923. The van der Waals surface area contributed by atoms with Gasteiger partial charge in [0.1, 0.15) is 0 Å². The Morgan fingerprint density at radius 2 is 1.71 bits per heavy atom. The average molecular weight is 341 g/mol. The molecule has 122 valence electrons. The van der Waals surface area contributed by atoms with E-state index < -0.39 is 0 Å². The van der Waals surface area contributed by atoms with Crippen molar-refractivity contribution in [3.05, 3.63) is 59.2 Å². The van der Waals surface area contributed by atoms with Crippen LogP contribution in [0.25, 0.3) is 11.0 Å². The van der Waals surface area contributed by atoms with Gasteiger partial charge in [0.05, 0.1) is 11.0 Å². The first-order valence-corrected chi connectivity index (χ1v) is 8.12. The van der Waals surface area contributed by atoms with E-state index in [1.807, 2.05) is 24.3 Å². The quantitative estimate of drug-likeness (QED) is 0.724. The topological polar surface area (TPSA) is 66.9 Å². The number of fused-ring (bicyclic) bond motifs is 1. The molecular formula is C18H17ClN4O. The van der Waals surface area contributed by atoms with E-state index in [0.717, 1.165) is 11.9 Å². The van der Waals surface area contributed by atoms with Crippen molar-refractivity contribution in [1.82, 2.24) is 9.97 Å². The summed E-state index contributed by atoms with van der Waals surface area (Å²) in [7, 11) is 0. The number of halogens is 1. The van der Waals surface area contributed by atoms with Crippen LogP contribution in [0, 0.1) is 0 Å². The number of nitrogens with zero attached hydrogens (tertiary/aromatic N) is 2. The van der Waals surface area contributed by atoms with Crippen LogP contribution in [0.1, 0.15) is 23.8 Å². The fraction of sp³-hybridized carbons (Fsp3) is 0.167. The largest absolute Gasteiger partial charge is 0.368 e. The van der Waals surface area contributed by atoms with E-state index in [1.54, 1.807) is 24.3 Å². The van der Waals surface area contributed by atoms with E-state index in [2.05, 4.69) is 27.5 Å². The highest BCUT2D eigenvalue weighted by atomic mass is 35.5. The van der Waals surface area contributed by atoms with Crippen LogP contribution in [-0.2, 0) is 0 Å². The fourth-order valence-corrected chi connectivity index (χ4v) is 2.37. The van der Waals surface area contributed by atoms with Gasteiger partial charge in [-0.1, -0.05) is 30.7 Å². The highest BCUT2D eigenvalue weighted by Crippen LogP contribution is 2.19. The van der Waals surface area contributed by atoms with Crippen LogP contribution in [-0.4, -0.2) is 22.4 Å². The number of hydrogen-bond donors (Lipinski definition) is 2. The molecule has 1 heterocycles. The van der Waals surface area contributed by atoms with Crippen molar-refractivity contribution in [2.24, 2.45) is 0 Å². The van der Waals surface area contributed by atoms with Gasteiger partial charge in [-0.3, -0.25) is 4.79 Å². The summed E-state index contributed by atoms with van der Waals surface area (Å²) in [6, 6.07) is 14.4. The zero-order valence-corrected chi connectivity index (χ0v) is 14.0. The molecule has 2 aromatic carbocycles. The van der Waals surface area contributed by atoms with Gasteiger partial charge in [0.2, 0.25) is 0 Å². The van der Waals surface area contributed by atoms with Gasteiger partial charge in [0.15, 0.2) is 11.5 Å². The average Bonchev–Trinajstić information content (AvgIpc) is 2.61. The molecule has 0 unspecified atom stereocenters. The molecule has 0 aliphatic carbocycles. The van der Waals surface area contributed by atoms with Gasteiger partial charge in [-0.15, -0.1) is 0 Å². The third kappa shape index (κ3) is 3.63. The molecule has 0 aliphatic heterocycles. The number of aromatic nitrogens is 2. The van der Waals surface area contributed by atoms with Crippen LogP contribution < -0.4 is 10.6 Å². The van der Waals surface area contributed by atoms with Crippen molar-refractivity contribution in [2.45, 2.75) is 13.3 Å². The predicted octanol–water partition coefficient (Wildman–Crippen LogP) is 4.36. The second kappa shape index (κ2) is 7.27. The van der Waals surface area contributed by atoms with Crippen LogP contribution in [0.15, 0.2) is 48.5 Å². The SMILES string of the molecule is CCCNc1nc2ccccc2nc1C(=O)Nc1ccc(Cl)cc1. The Kier molecular flexibility index (Phi) is 4.91. The lowest BCUT2D eigenvalue weighted by atomic mass is 10.2.